The van der Waals surface area contributed by atoms with Crippen molar-refractivity contribution in [2.75, 3.05) is 0 Å². The summed E-state index contributed by atoms with van der Waals surface area (Å²) in [7, 11) is 0. The van der Waals surface area contributed by atoms with Crippen LogP contribution in [-0.4, -0.2) is 5.97 Å². The number of hydrogen-bond acceptors (Lipinski definition) is 2. The standard InChI is InChI=1S/C24H36O2/c1-4-6-8-9-19(3)20-11-13-21(14-12-20)22-15-17-23(18-16-22)26-24(25)10-7-5-2/h13,15-20H,4-12,14H2,1-3H3. The van der Waals surface area contributed by atoms with Gasteiger partial charge in [0.05, 0.1) is 0 Å². The predicted octanol–water partition coefficient (Wildman–Crippen LogP) is 7.18. The Hall–Kier alpha value is -1.57. The van der Waals surface area contributed by atoms with Gasteiger partial charge in [-0.3, -0.25) is 4.79 Å². The van der Waals surface area contributed by atoms with Crippen LogP contribution in [-0.2, 0) is 4.79 Å². The van der Waals surface area contributed by atoms with Crippen molar-refractivity contribution < 1.29 is 9.53 Å². The molecule has 0 fully saturated rings. The summed E-state index contributed by atoms with van der Waals surface area (Å²) in [6, 6.07) is 8.05. The highest BCUT2D eigenvalue weighted by molar-refractivity contribution is 5.73. The van der Waals surface area contributed by atoms with Crippen molar-refractivity contribution in [1.82, 2.24) is 0 Å². The van der Waals surface area contributed by atoms with Crippen molar-refractivity contribution in [3.63, 3.8) is 0 Å². The minimum Gasteiger partial charge on any atom is -0.427 e. The van der Waals surface area contributed by atoms with Gasteiger partial charge in [0.25, 0.3) is 0 Å². The monoisotopic (exact) mass is 356 g/mol. The molecule has 2 rings (SSSR count). The quantitative estimate of drug-likeness (QED) is 0.252. The molecule has 1 aromatic rings. The lowest BCUT2D eigenvalue weighted by Crippen LogP contribution is -2.14. The van der Waals surface area contributed by atoms with Crippen LogP contribution >= 0.6 is 0 Å². The molecule has 2 atom stereocenters. The van der Waals surface area contributed by atoms with Gasteiger partial charge in [-0.05, 0) is 60.8 Å². The van der Waals surface area contributed by atoms with Gasteiger partial charge in [-0.25, -0.2) is 0 Å². The van der Waals surface area contributed by atoms with Crippen LogP contribution in [0.15, 0.2) is 30.3 Å². The number of hydrogen-bond donors (Lipinski definition) is 0. The first-order valence-corrected chi connectivity index (χ1v) is 10.6. The minimum atomic E-state index is -0.128. The lowest BCUT2D eigenvalue weighted by atomic mass is 9.78. The molecule has 0 aliphatic heterocycles. The van der Waals surface area contributed by atoms with E-state index in [-0.39, 0.29) is 5.97 Å². The molecule has 0 radical (unpaired) electrons. The van der Waals surface area contributed by atoms with E-state index in [2.05, 4.69) is 39.0 Å². The Labute approximate surface area is 160 Å². The number of esters is 1. The van der Waals surface area contributed by atoms with Gasteiger partial charge in [-0.2, -0.15) is 0 Å². The van der Waals surface area contributed by atoms with E-state index in [0.717, 1.165) is 24.7 Å². The fourth-order valence-electron chi connectivity index (χ4n) is 3.83. The molecule has 0 amide bonds. The molecule has 1 aromatic carbocycles. The fourth-order valence-corrected chi connectivity index (χ4v) is 3.83. The topological polar surface area (TPSA) is 26.3 Å². The Bertz CT molecular complexity index is 570. The maximum absolute atomic E-state index is 11.7. The summed E-state index contributed by atoms with van der Waals surface area (Å²) in [4.78, 5) is 11.7. The van der Waals surface area contributed by atoms with Crippen LogP contribution in [0, 0.1) is 11.8 Å². The van der Waals surface area contributed by atoms with Crippen LogP contribution in [0.2, 0.25) is 0 Å². The summed E-state index contributed by atoms with van der Waals surface area (Å²) in [5.41, 5.74) is 2.72. The van der Waals surface area contributed by atoms with Gasteiger partial charge in [0, 0.05) is 6.42 Å². The molecule has 0 heterocycles. The SMILES string of the molecule is CCCCCC(C)C1CC=C(c2ccc(OC(=O)CCCC)cc2)CC1. The zero-order chi connectivity index (χ0) is 18.8. The summed E-state index contributed by atoms with van der Waals surface area (Å²) >= 11 is 0. The van der Waals surface area contributed by atoms with E-state index < -0.39 is 0 Å². The molecular formula is C24H36O2. The first-order chi connectivity index (χ1) is 12.6. The molecule has 144 valence electrons. The Morgan fingerprint density at radius 2 is 1.85 bits per heavy atom. The molecule has 2 unspecified atom stereocenters. The van der Waals surface area contributed by atoms with Crippen LogP contribution in [0.25, 0.3) is 5.57 Å². The molecule has 0 saturated heterocycles. The lowest BCUT2D eigenvalue weighted by Gasteiger charge is -2.27. The first-order valence-electron chi connectivity index (χ1n) is 10.6. The Kier molecular flexibility index (Phi) is 8.94. The van der Waals surface area contributed by atoms with Crippen LogP contribution < -0.4 is 4.74 Å². The highest BCUT2D eigenvalue weighted by atomic mass is 16.5. The second kappa shape index (κ2) is 11.2. The number of allylic oxidation sites excluding steroid dienone is 2. The van der Waals surface area contributed by atoms with Gasteiger partial charge in [0.2, 0.25) is 0 Å². The van der Waals surface area contributed by atoms with E-state index in [1.165, 1.54) is 56.1 Å². The molecule has 0 N–H and O–H groups in total. The summed E-state index contributed by atoms with van der Waals surface area (Å²) < 4.78 is 5.40. The maximum atomic E-state index is 11.7. The maximum Gasteiger partial charge on any atom is 0.311 e. The van der Waals surface area contributed by atoms with Crippen LogP contribution in [0.5, 0.6) is 5.75 Å². The van der Waals surface area contributed by atoms with Crippen LogP contribution in [0.3, 0.4) is 0 Å². The van der Waals surface area contributed by atoms with Crippen molar-refractivity contribution >= 4 is 11.5 Å². The van der Waals surface area contributed by atoms with Crippen molar-refractivity contribution in [1.29, 1.82) is 0 Å². The van der Waals surface area contributed by atoms with Crippen LogP contribution in [0.1, 0.15) is 90.5 Å². The average molecular weight is 357 g/mol. The molecule has 0 bridgehead atoms. The summed E-state index contributed by atoms with van der Waals surface area (Å²) in [6.07, 6.45) is 13.9. The number of rotatable bonds is 10. The van der Waals surface area contributed by atoms with E-state index in [4.69, 9.17) is 4.74 Å². The second-order valence-electron chi connectivity index (χ2n) is 7.84. The Balaban J connectivity index is 1.85. The van der Waals surface area contributed by atoms with Gasteiger partial charge in [0.15, 0.2) is 0 Å². The summed E-state index contributed by atoms with van der Waals surface area (Å²) in [6.45, 7) is 6.79. The molecule has 2 heteroatoms. The third kappa shape index (κ3) is 6.63. The highest BCUT2D eigenvalue weighted by Gasteiger charge is 2.20. The van der Waals surface area contributed by atoms with Crippen LogP contribution in [0.4, 0.5) is 0 Å². The van der Waals surface area contributed by atoms with E-state index in [0.29, 0.717) is 12.2 Å². The zero-order valence-corrected chi connectivity index (χ0v) is 16.9. The number of ether oxygens (including phenoxy) is 1. The normalized spacial score (nSPS) is 18.3. The fraction of sp³-hybridized carbons (Fsp3) is 0.625. The predicted molar refractivity (Wildman–Crippen MR) is 110 cm³/mol. The third-order valence-electron chi connectivity index (χ3n) is 5.71. The molecule has 1 aliphatic rings. The molecule has 0 aromatic heterocycles. The summed E-state index contributed by atoms with van der Waals surface area (Å²) in [5, 5.41) is 0. The number of carbonyl (C=O) groups is 1. The van der Waals surface area contributed by atoms with Crippen molar-refractivity contribution in [3.8, 4) is 5.75 Å². The second-order valence-corrected chi connectivity index (χ2v) is 7.84. The first kappa shape index (κ1) is 20.7. The van der Waals surface area contributed by atoms with Gasteiger partial charge in [-0.15, -0.1) is 0 Å². The molecule has 26 heavy (non-hydrogen) atoms. The largest absolute Gasteiger partial charge is 0.427 e. The van der Waals surface area contributed by atoms with Gasteiger partial charge < -0.3 is 4.74 Å². The molecule has 0 saturated carbocycles. The van der Waals surface area contributed by atoms with E-state index in [9.17, 15) is 4.79 Å². The Morgan fingerprint density at radius 1 is 1.12 bits per heavy atom. The van der Waals surface area contributed by atoms with Gasteiger partial charge in [-0.1, -0.05) is 71.1 Å². The summed E-state index contributed by atoms with van der Waals surface area (Å²) in [5.74, 6) is 2.21. The number of benzene rings is 1. The van der Waals surface area contributed by atoms with Gasteiger partial charge in [0.1, 0.15) is 5.75 Å². The van der Waals surface area contributed by atoms with Gasteiger partial charge >= 0.3 is 5.97 Å². The molecule has 2 nitrogen and oxygen atoms in total. The van der Waals surface area contributed by atoms with Crippen molar-refractivity contribution in [3.05, 3.63) is 35.9 Å². The average Bonchev–Trinajstić information content (AvgIpc) is 2.67. The third-order valence-corrected chi connectivity index (χ3v) is 5.71. The van der Waals surface area contributed by atoms with E-state index >= 15 is 0 Å². The van der Waals surface area contributed by atoms with E-state index in [1.54, 1.807) is 0 Å². The Morgan fingerprint density at radius 3 is 2.46 bits per heavy atom. The van der Waals surface area contributed by atoms with Crippen molar-refractivity contribution in [2.24, 2.45) is 11.8 Å². The smallest absolute Gasteiger partial charge is 0.311 e. The molecular weight excluding hydrogens is 320 g/mol. The molecule has 1 aliphatic carbocycles. The number of unbranched alkanes of at least 4 members (excludes halogenated alkanes) is 3. The van der Waals surface area contributed by atoms with Crippen molar-refractivity contribution in [2.45, 2.75) is 85.0 Å². The number of carbonyl (C=O) groups excluding carboxylic acids is 1. The highest BCUT2D eigenvalue weighted by Crippen LogP contribution is 2.36. The zero-order valence-electron chi connectivity index (χ0n) is 16.9. The van der Waals surface area contributed by atoms with E-state index in [1.807, 2.05) is 12.1 Å². The lowest BCUT2D eigenvalue weighted by molar-refractivity contribution is -0.134. The minimum absolute atomic E-state index is 0.128. The molecule has 0 spiro atoms.